The third-order valence-corrected chi connectivity index (χ3v) is 1.66. The van der Waals surface area contributed by atoms with E-state index in [2.05, 4.69) is 0 Å². The predicted molar refractivity (Wildman–Crippen MR) is 45.7 cm³/mol. The lowest BCUT2D eigenvalue weighted by molar-refractivity contribution is -0.118. The van der Waals surface area contributed by atoms with Gasteiger partial charge in [-0.2, -0.15) is 0 Å². The fraction of sp³-hybridized carbons (Fsp3) is 0.875. The number of carbonyl (C=O) groups is 1. The van der Waals surface area contributed by atoms with Crippen molar-refractivity contribution in [2.75, 3.05) is 27.8 Å². The van der Waals surface area contributed by atoms with Crippen LogP contribution in [-0.4, -0.2) is 45.4 Å². The first-order chi connectivity index (χ1) is 5.74. The Kier molecular flexibility index (Phi) is 6.70. The highest BCUT2D eigenvalue weighted by atomic mass is 16.7. The lowest BCUT2D eigenvalue weighted by Gasteiger charge is -2.15. The minimum absolute atomic E-state index is 0.148. The maximum atomic E-state index is 10.2. The third kappa shape index (κ3) is 5.09. The number of hydrogen-bond acceptors (Lipinski definition) is 3. The van der Waals surface area contributed by atoms with Gasteiger partial charge >= 0.3 is 0 Å². The molecule has 0 rings (SSSR count). The summed E-state index contributed by atoms with van der Waals surface area (Å²) >= 11 is 0. The Balaban J connectivity index is 3.34. The lowest BCUT2D eigenvalue weighted by atomic mass is 10.3. The minimum atomic E-state index is -0.148. The SMILES string of the molecule is COC(CCCN(C)C=O)OC. The van der Waals surface area contributed by atoms with Crippen molar-refractivity contribution < 1.29 is 14.3 Å². The summed E-state index contributed by atoms with van der Waals surface area (Å²) in [6.07, 6.45) is 2.37. The number of methoxy groups -OCH3 is 2. The molecule has 4 nitrogen and oxygen atoms in total. The van der Waals surface area contributed by atoms with Crippen LogP contribution in [0.15, 0.2) is 0 Å². The van der Waals surface area contributed by atoms with Crippen molar-refractivity contribution in [1.82, 2.24) is 4.90 Å². The molecule has 0 saturated carbocycles. The second-order valence-electron chi connectivity index (χ2n) is 2.63. The summed E-state index contributed by atoms with van der Waals surface area (Å²) in [7, 11) is 4.97. The molecule has 0 heterocycles. The zero-order valence-corrected chi connectivity index (χ0v) is 7.95. The van der Waals surface area contributed by atoms with Crippen molar-refractivity contribution >= 4 is 6.41 Å². The molecule has 0 spiro atoms. The van der Waals surface area contributed by atoms with Crippen molar-refractivity contribution in [1.29, 1.82) is 0 Å². The van der Waals surface area contributed by atoms with E-state index in [4.69, 9.17) is 9.47 Å². The van der Waals surface area contributed by atoms with Crippen molar-refractivity contribution in [3.63, 3.8) is 0 Å². The summed E-state index contributed by atoms with van der Waals surface area (Å²) < 4.78 is 9.97. The molecule has 0 N–H and O–H groups in total. The lowest BCUT2D eigenvalue weighted by Crippen LogP contribution is -2.20. The number of carbonyl (C=O) groups excluding carboxylic acids is 1. The monoisotopic (exact) mass is 175 g/mol. The van der Waals surface area contributed by atoms with E-state index in [1.165, 1.54) is 0 Å². The van der Waals surface area contributed by atoms with Crippen LogP contribution < -0.4 is 0 Å². The first-order valence-electron chi connectivity index (χ1n) is 3.95. The third-order valence-electron chi connectivity index (χ3n) is 1.66. The summed E-state index contributed by atoms with van der Waals surface area (Å²) in [5.41, 5.74) is 0. The first kappa shape index (κ1) is 11.4. The highest BCUT2D eigenvalue weighted by Crippen LogP contribution is 2.01. The van der Waals surface area contributed by atoms with Gasteiger partial charge in [0.05, 0.1) is 0 Å². The first-order valence-corrected chi connectivity index (χ1v) is 3.95. The van der Waals surface area contributed by atoms with Crippen LogP contribution in [0, 0.1) is 0 Å². The van der Waals surface area contributed by atoms with Crippen LogP contribution in [0.3, 0.4) is 0 Å². The van der Waals surface area contributed by atoms with Gasteiger partial charge in [-0.25, -0.2) is 0 Å². The molecule has 1 amide bonds. The highest BCUT2D eigenvalue weighted by molar-refractivity contribution is 5.46. The van der Waals surface area contributed by atoms with Crippen molar-refractivity contribution in [3.8, 4) is 0 Å². The maximum absolute atomic E-state index is 10.2. The van der Waals surface area contributed by atoms with Gasteiger partial charge < -0.3 is 14.4 Å². The van der Waals surface area contributed by atoms with Gasteiger partial charge in [-0.05, 0) is 6.42 Å². The average Bonchev–Trinajstić information content (AvgIpc) is 2.12. The van der Waals surface area contributed by atoms with E-state index in [9.17, 15) is 4.79 Å². The molecule has 0 bridgehead atoms. The molecule has 0 aromatic rings. The molecule has 0 atom stereocenters. The number of hydrogen-bond donors (Lipinski definition) is 0. The summed E-state index contributed by atoms with van der Waals surface area (Å²) in [6.45, 7) is 0.743. The molecule has 72 valence electrons. The molecule has 0 aromatic carbocycles. The fourth-order valence-electron chi connectivity index (χ4n) is 0.892. The van der Waals surface area contributed by atoms with Gasteiger partial charge in [0.2, 0.25) is 6.41 Å². The van der Waals surface area contributed by atoms with E-state index in [0.717, 1.165) is 25.8 Å². The van der Waals surface area contributed by atoms with Crippen LogP contribution in [0.4, 0.5) is 0 Å². The Morgan fingerprint density at radius 2 is 2.00 bits per heavy atom. The van der Waals surface area contributed by atoms with Gasteiger partial charge in [-0.3, -0.25) is 4.79 Å². The molecule has 0 fully saturated rings. The van der Waals surface area contributed by atoms with Crippen LogP contribution in [0.5, 0.6) is 0 Å². The van der Waals surface area contributed by atoms with Gasteiger partial charge in [0.15, 0.2) is 6.29 Å². The van der Waals surface area contributed by atoms with Gasteiger partial charge in [-0.15, -0.1) is 0 Å². The van der Waals surface area contributed by atoms with Crippen molar-refractivity contribution in [2.24, 2.45) is 0 Å². The zero-order valence-electron chi connectivity index (χ0n) is 7.95. The van der Waals surface area contributed by atoms with Crippen molar-refractivity contribution in [2.45, 2.75) is 19.1 Å². The average molecular weight is 175 g/mol. The molecule has 0 aliphatic heterocycles. The number of amides is 1. The second kappa shape index (κ2) is 7.06. The second-order valence-corrected chi connectivity index (χ2v) is 2.63. The van der Waals surface area contributed by atoms with Crippen LogP contribution in [-0.2, 0) is 14.3 Å². The predicted octanol–water partition coefficient (Wildman–Crippen LogP) is 0.474. The van der Waals surface area contributed by atoms with E-state index in [1.807, 2.05) is 0 Å². The van der Waals surface area contributed by atoms with Crippen LogP contribution >= 0.6 is 0 Å². The van der Waals surface area contributed by atoms with Crippen molar-refractivity contribution in [3.05, 3.63) is 0 Å². The van der Waals surface area contributed by atoms with E-state index >= 15 is 0 Å². The molecule has 0 aliphatic rings. The number of rotatable bonds is 7. The van der Waals surface area contributed by atoms with Gasteiger partial charge in [0.25, 0.3) is 0 Å². The largest absolute Gasteiger partial charge is 0.356 e. The van der Waals surface area contributed by atoms with Gasteiger partial charge in [0.1, 0.15) is 0 Å². The summed E-state index contributed by atoms with van der Waals surface area (Å²) in [6, 6.07) is 0. The Morgan fingerprint density at radius 3 is 2.42 bits per heavy atom. The topological polar surface area (TPSA) is 38.8 Å². The van der Waals surface area contributed by atoms with Crippen LogP contribution in [0.1, 0.15) is 12.8 Å². The zero-order chi connectivity index (χ0) is 9.40. The molecule has 12 heavy (non-hydrogen) atoms. The summed E-state index contributed by atoms with van der Waals surface area (Å²) in [4.78, 5) is 11.8. The van der Waals surface area contributed by atoms with E-state index in [1.54, 1.807) is 26.2 Å². The number of ether oxygens (including phenoxy) is 2. The Bertz CT molecular complexity index is 115. The Labute approximate surface area is 73.4 Å². The van der Waals surface area contributed by atoms with Gasteiger partial charge in [-0.1, -0.05) is 0 Å². The number of nitrogens with zero attached hydrogens (tertiary/aromatic N) is 1. The van der Waals surface area contributed by atoms with Crippen LogP contribution in [0.2, 0.25) is 0 Å². The molecular weight excluding hydrogens is 158 g/mol. The molecule has 0 aromatic heterocycles. The molecule has 4 heteroatoms. The molecular formula is C8H17NO3. The van der Waals surface area contributed by atoms with Gasteiger partial charge in [0, 0.05) is 34.2 Å². The molecule has 0 radical (unpaired) electrons. The molecule has 0 unspecified atom stereocenters. The highest BCUT2D eigenvalue weighted by Gasteiger charge is 2.04. The fourth-order valence-corrected chi connectivity index (χ4v) is 0.892. The summed E-state index contributed by atoms with van der Waals surface area (Å²) in [5, 5.41) is 0. The van der Waals surface area contributed by atoms with E-state index in [-0.39, 0.29) is 6.29 Å². The van der Waals surface area contributed by atoms with E-state index in [0.29, 0.717) is 0 Å². The Hall–Kier alpha value is -0.610. The minimum Gasteiger partial charge on any atom is -0.356 e. The quantitative estimate of drug-likeness (QED) is 0.417. The van der Waals surface area contributed by atoms with Crippen LogP contribution in [0.25, 0.3) is 0 Å². The normalized spacial score (nSPS) is 10.3. The molecule has 0 saturated heterocycles. The Morgan fingerprint density at radius 1 is 1.42 bits per heavy atom. The molecule has 0 aliphatic carbocycles. The smallest absolute Gasteiger partial charge is 0.209 e. The maximum Gasteiger partial charge on any atom is 0.209 e. The van der Waals surface area contributed by atoms with E-state index < -0.39 is 0 Å². The standard InChI is InChI=1S/C8H17NO3/c1-9(7-10)6-4-5-8(11-2)12-3/h7-8H,4-6H2,1-3H3. The summed E-state index contributed by atoms with van der Waals surface area (Å²) in [5.74, 6) is 0.